The fraction of sp³-hybridized carbons (Fsp3) is 0.0909. The Kier molecular flexibility index (Phi) is 7.75. The van der Waals surface area contributed by atoms with E-state index in [1.165, 1.54) is 0 Å². The minimum Gasteiger partial charge on any atom is -0.457 e. The molecule has 0 atom stereocenters. The van der Waals surface area contributed by atoms with Gasteiger partial charge in [-0.3, -0.25) is 9.59 Å². The van der Waals surface area contributed by atoms with Crippen LogP contribution in [-0.4, -0.2) is 24.9 Å². The zero-order valence-electron chi connectivity index (χ0n) is 20.9. The molecule has 2 amide bonds. The number of anilines is 1. The van der Waals surface area contributed by atoms with Crippen LogP contribution >= 0.6 is 0 Å². The third-order valence-electron chi connectivity index (χ3n) is 6.27. The Morgan fingerprint density at radius 1 is 0.658 bits per heavy atom. The number of hydrogen-bond acceptors (Lipinski definition) is 3. The zero-order chi connectivity index (χ0) is 26.2. The number of para-hydroxylation sites is 1. The summed E-state index contributed by atoms with van der Waals surface area (Å²) in [7, 11) is 0. The Balaban J connectivity index is 1.27. The average molecular weight is 501 g/mol. The summed E-state index contributed by atoms with van der Waals surface area (Å²) in [6.07, 6.45) is 0.595. The van der Waals surface area contributed by atoms with Crippen molar-refractivity contribution in [1.29, 1.82) is 0 Å². The number of carbonyl (C=O) groups is 2. The molecule has 0 unspecified atom stereocenters. The van der Waals surface area contributed by atoms with E-state index in [9.17, 15) is 9.59 Å². The van der Waals surface area contributed by atoms with Gasteiger partial charge < -0.3 is 15.0 Å². The zero-order valence-corrected chi connectivity index (χ0v) is 20.9. The second-order valence-corrected chi connectivity index (χ2v) is 8.87. The predicted octanol–water partition coefficient (Wildman–Crippen LogP) is 7.10. The topological polar surface area (TPSA) is 58.6 Å². The lowest BCUT2D eigenvalue weighted by molar-refractivity contribution is 0.0955. The quantitative estimate of drug-likeness (QED) is 0.220. The molecule has 38 heavy (non-hydrogen) atoms. The summed E-state index contributed by atoms with van der Waals surface area (Å²) in [6.45, 7) is 0.887. The molecule has 0 fully saturated rings. The fourth-order valence-corrected chi connectivity index (χ4v) is 4.36. The number of amides is 2. The summed E-state index contributed by atoms with van der Waals surface area (Å²) >= 11 is 0. The van der Waals surface area contributed by atoms with E-state index in [0.29, 0.717) is 36.4 Å². The van der Waals surface area contributed by atoms with Crippen LogP contribution in [0.3, 0.4) is 0 Å². The van der Waals surface area contributed by atoms with E-state index >= 15 is 0 Å². The maximum absolute atomic E-state index is 13.4. The molecule has 1 N–H and O–H groups in total. The summed E-state index contributed by atoms with van der Waals surface area (Å²) in [5.74, 6) is 1.22. The summed E-state index contributed by atoms with van der Waals surface area (Å²) in [6, 6.07) is 39.8. The molecular weight excluding hydrogens is 472 g/mol. The molecule has 0 aliphatic carbocycles. The van der Waals surface area contributed by atoms with Crippen molar-refractivity contribution in [3.05, 3.63) is 139 Å². The Hall–Kier alpha value is -4.90. The van der Waals surface area contributed by atoms with Gasteiger partial charge in [0, 0.05) is 29.9 Å². The van der Waals surface area contributed by atoms with Gasteiger partial charge in [-0.1, -0.05) is 72.8 Å². The molecule has 5 nitrogen and oxygen atoms in total. The molecule has 0 bridgehead atoms. The lowest BCUT2D eigenvalue weighted by atomic mass is 10.0. The number of carbonyl (C=O) groups excluding carboxylic acids is 2. The third-order valence-corrected chi connectivity index (χ3v) is 6.27. The predicted molar refractivity (Wildman–Crippen MR) is 152 cm³/mol. The first-order chi connectivity index (χ1) is 18.7. The summed E-state index contributed by atoms with van der Waals surface area (Å²) < 4.78 is 5.90. The first kappa shape index (κ1) is 24.8. The first-order valence-corrected chi connectivity index (χ1v) is 12.6. The van der Waals surface area contributed by atoms with E-state index < -0.39 is 0 Å². The van der Waals surface area contributed by atoms with Crippen LogP contribution in [0.5, 0.6) is 11.5 Å². The number of benzene rings is 5. The fourth-order valence-electron chi connectivity index (χ4n) is 4.36. The number of ether oxygens (including phenoxy) is 1. The van der Waals surface area contributed by atoms with Crippen molar-refractivity contribution < 1.29 is 14.3 Å². The molecular formula is C33H28N2O3. The van der Waals surface area contributed by atoms with E-state index in [0.717, 1.165) is 22.2 Å². The SMILES string of the molecule is O=C(NCCCN(C(=O)c1ccccc1)c1ccc(Oc2ccccc2)cc1)c1cccc2ccccc12. The van der Waals surface area contributed by atoms with Crippen molar-refractivity contribution in [1.82, 2.24) is 5.32 Å². The van der Waals surface area contributed by atoms with Crippen molar-refractivity contribution in [3.8, 4) is 11.5 Å². The Bertz CT molecular complexity index is 1510. The van der Waals surface area contributed by atoms with Crippen molar-refractivity contribution in [2.24, 2.45) is 0 Å². The smallest absolute Gasteiger partial charge is 0.258 e. The number of rotatable bonds is 9. The van der Waals surface area contributed by atoms with Crippen LogP contribution in [-0.2, 0) is 0 Å². The molecule has 0 aromatic heterocycles. The van der Waals surface area contributed by atoms with Crippen molar-refractivity contribution in [3.63, 3.8) is 0 Å². The summed E-state index contributed by atoms with van der Waals surface area (Å²) in [5.41, 5.74) is 2.02. The maximum Gasteiger partial charge on any atom is 0.258 e. The molecule has 0 heterocycles. The van der Waals surface area contributed by atoms with Crippen LogP contribution < -0.4 is 15.0 Å². The van der Waals surface area contributed by atoms with Crippen LogP contribution in [0.25, 0.3) is 10.8 Å². The Morgan fingerprint density at radius 3 is 2.05 bits per heavy atom. The normalized spacial score (nSPS) is 10.6. The van der Waals surface area contributed by atoms with Gasteiger partial charge in [0.1, 0.15) is 11.5 Å². The van der Waals surface area contributed by atoms with Crippen LogP contribution in [0.1, 0.15) is 27.1 Å². The molecule has 5 rings (SSSR count). The molecule has 0 aliphatic heterocycles. The van der Waals surface area contributed by atoms with Crippen molar-refractivity contribution in [2.45, 2.75) is 6.42 Å². The first-order valence-electron chi connectivity index (χ1n) is 12.6. The number of nitrogens with zero attached hydrogens (tertiary/aromatic N) is 1. The summed E-state index contributed by atoms with van der Waals surface area (Å²) in [5, 5.41) is 4.97. The summed E-state index contributed by atoms with van der Waals surface area (Å²) in [4.78, 5) is 28.1. The van der Waals surface area contributed by atoms with Crippen LogP contribution in [0.15, 0.2) is 127 Å². The van der Waals surface area contributed by atoms with E-state index in [2.05, 4.69) is 5.32 Å². The van der Waals surface area contributed by atoms with Gasteiger partial charge in [-0.15, -0.1) is 0 Å². The van der Waals surface area contributed by atoms with Gasteiger partial charge in [-0.05, 0) is 71.8 Å². The molecule has 0 aliphatic rings. The van der Waals surface area contributed by atoms with E-state index in [-0.39, 0.29) is 11.8 Å². The van der Waals surface area contributed by atoms with Gasteiger partial charge >= 0.3 is 0 Å². The Labute approximate surface area is 222 Å². The third kappa shape index (κ3) is 5.90. The minimum atomic E-state index is -0.120. The standard InChI is InChI=1S/C33H28N2O3/c36-32(31-18-9-14-25-11-7-8-17-30(25)31)34-23-10-24-35(33(37)26-12-3-1-4-13-26)27-19-21-29(22-20-27)38-28-15-5-2-6-16-28/h1-9,11-22H,10,23-24H2,(H,34,36). The number of hydrogen-bond donors (Lipinski definition) is 1. The van der Waals surface area contributed by atoms with Crippen LogP contribution in [0.4, 0.5) is 5.69 Å². The molecule has 5 heteroatoms. The van der Waals surface area contributed by atoms with E-state index in [4.69, 9.17) is 4.74 Å². The molecule has 5 aromatic rings. The largest absolute Gasteiger partial charge is 0.457 e. The molecule has 5 aromatic carbocycles. The van der Waals surface area contributed by atoms with Crippen molar-refractivity contribution in [2.75, 3.05) is 18.0 Å². The van der Waals surface area contributed by atoms with Gasteiger partial charge in [0.05, 0.1) is 0 Å². The van der Waals surface area contributed by atoms with Gasteiger partial charge in [-0.2, -0.15) is 0 Å². The molecule has 188 valence electrons. The Morgan fingerprint density at radius 2 is 1.29 bits per heavy atom. The highest BCUT2D eigenvalue weighted by Crippen LogP contribution is 2.25. The lowest BCUT2D eigenvalue weighted by Gasteiger charge is -2.23. The highest BCUT2D eigenvalue weighted by atomic mass is 16.5. The maximum atomic E-state index is 13.4. The van der Waals surface area contributed by atoms with E-state index in [1.54, 1.807) is 4.90 Å². The van der Waals surface area contributed by atoms with Gasteiger partial charge in [-0.25, -0.2) is 0 Å². The molecule has 0 radical (unpaired) electrons. The number of nitrogens with one attached hydrogen (secondary N) is 1. The van der Waals surface area contributed by atoms with Crippen LogP contribution in [0, 0.1) is 0 Å². The van der Waals surface area contributed by atoms with Gasteiger partial charge in [0.15, 0.2) is 0 Å². The van der Waals surface area contributed by atoms with Crippen molar-refractivity contribution >= 4 is 28.3 Å². The number of fused-ring (bicyclic) bond motifs is 1. The molecule has 0 spiro atoms. The van der Waals surface area contributed by atoms with Crippen LogP contribution in [0.2, 0.25) is 0 Å². The highest BCUT2D eigenvalue weighted by Gasteiger charge is 2.18. The second-order valence-electron chi connectivity index (χ2n) is 8.87. The minimum absolute atomic E-state index is 0.0947. The van der Waals surface area contributed by atoms with E-state index in [1.807, 2.05) is 127 Å². The van der Waals surface area contributed by atoms with Gasteiger partial charge in [0.2, 0.25) is 0 Å². The second kappa shape index (κ2) is 11.9. The molecule has 0 saturated carbocycles. The lowest BCUT2D eigenvalue weighted by Crippen LogP contribution is -2.34. The van der Waals surface area contributed by atoms with Gasteiger partial charge in [0.25, 0.3) is 11.8 Å². The highest BCUT2D eigenvalue weighted by molar-refractivity contribution is 6.07. The monoisotopic (exact) mass is 500 g/mol. The molecule has 0 saturated heterocycles. The average Bonchev–Trinajstić information content (AvgIpc) is 2.98.